The van der Waals surface area contributed by atoms with Crippen LogP contribution in [0.2, 0.25) is 0 Å². The normalized spacial score (nSPS) is 12.5. The summed E-state index contributed by atoms with van der Waals surface area (Å²) in [5, 5.41) is 22.4. The number of imidazole rings is 1. The van der Waals surface area contributed by atoms with Crippen LogP contribution in [-0.4, -0.2) is 26.3 Å². The Morgan fingerprint density at radius 1 is 1.39 bits per heavy atom. The van der Waals surface area contributed by atoms with Gasteiger partial charge in [0, 0.05) is 37.1 Å². The third kappa shape index (κ3) is 3.01. The van der Waals surface area contributed by atoms with Crippen LogP contribution in [0, 0.1) is 0 Å². The van der Waals surface area contributed by atoms with E-state index >= 15 is 0 Å². The lowest BCUT2D eigenvalue weighted by Gasteiger charge is -2.16. The van der Waals surface area contributed by atoms with Crippen molar-refractivity contribution in [1.82, 2.24) is 14.9 Å². The predicted molar refractivity (Wildman–Crippen MR) is 68.4 cm³/mol. The van der Waals surface area contributed by atoms with Crippen LogP contribution in [0.3, 0.4) is 0 Å². The van der Waals surface area contributed by atoms with Crippen molar-refractivity contribution in [3.8, 4) is 11.5 Å². The molecule has 1 heterocycles. The number of hydrogen-bond donors (Lipinski definition) is 3. The quantitative estimate of drug-likeness (QED) is 0.703. The highest BCUT2D eigenvalue weighted by Gasteiger charge is 2.10. The van der Waals surface area contributed by atoms with E-state index in [-0.39, 0.29) is 17.5 Å². The largest absolute Gasteiger partial charge is 0.508 e. The molecule has 1 aromatic carbocycles. The molecule has 0 saturated heterocycles. The molecule has 0 aliphatic carbocycles. The summed E-state index contributed by atoms with van der Waals surface area (Å²) >= 11 is 0. The number of nitrogens with one attached hydrogen (secondary N) is 1. The number of nitrogens with zero attached hydrogens (tertiary/aromatic N) is 2. The van der Waals surface area contributed by atoms with Gasteiger partial charge in [-0.05, 0) is 25.1 Å². The summed E-state index contributed by atoms with van der Waals surface area (Å²) in [6, 6.07) is 4.51. The number of aromatic hydroxyl groups is 2. The van der Waals surface area contributed by atoms with Crippen molar-refractivity contribution in [2.24, 2.45) is 0 Å². The fourth-order valence-electron chi connectivity index (χ4n) is 1.83. The number of benzene rings is 1. The van der Waals surface area contributed by atoms with Gasteiger partial charge in [-0.1, -0.05) is 0 Å². The summed E-state index contributed by atoms with van der Waals surface area (Å²) in [6.07, 6.45) is 5.40. The molecule has 1 atom stereocenters. The maximum Gasteiger partial charge on any atom is 0.120 e. The minimum absolute atomic E-state index is 0.0272. The summed E-state index contributed by atoms with van der Waals surface area (Å²) in [6.45, 7) is 3.51. The van der Waals surface area contributed by atoms with Crippen LogP contribution >= 0.6 is 0 Å². The Morgan fingerprint density at radius 2 is 2.22 bits per heavy atom. The second kappa shape index (κ2) is 5.55. The Kier molecular flexibility index (Phi) is 3.84. The first-order valence-electron chi connectivity index (χ1n) is 5.88. The zero-order chi connectivity index (χ0) is 13.0. The Morgan fingerprint density at radius 3 is 2.94 bits per heavy atom. The number of hydrogen-bond acceptors (Lipinski definition) is 4. The van der Waals surface area contributed by atoms with Crippen molar-refractivity contribution in [2.75, 3.05) is 6.54 Å². The maximum absolute atomic E-state index is 9.72. The maximum atomic E-state index is 9.72. The van der Waals surface area contributed by atoms with Gasteiger partial charge in [-0.3, -0.25) is 0 Å². The molecule has 0 aliphatic rings. The topological polar surface area (TPSA) is 70.3 Å². The van der Waals surface area contributed by atoms with E-state index in [2.05, 4.69) is 10.3 Å². The molecule has 2 rings (SSSR count). The fraction of sp³-hybridized carbons (Fsp3) is 0.308. The van der Waals surface area contributed by atoms with Gasteiger partial charge in [-0.15, -0.1) is 0 Å². The van der Waals surface area contributed by atoms with Gasteiger partial charge < -0.3 is 20.1 Å². The lowest BCUT2D eigenvalue weighted by atomic mass is 10.1. The smallest absolute Gasteiger partial charge is 0.120 e. The van der Waals surface area contributed by atoms with Crippen LogP contribution < -0.4 is 5.32 Å². The monoisotopic (exact) mass is 247 g/mol. The highest BCUT2D eigenvalue weighted by atomic mass is 16.3. The van der Waals surface area contributed by atoms with Gasteiger partial charge in [-0.2, -0.15) is 0 Å². The van der Waals surface area contributed by atoms with Gasteiger partial charge in [0.1, 0.15) is 11.5 Å². The molecule has 0 aliphatic heterocycles. The van der Waals surface area contributed by atoms with Gasteiger partial charge >= 0.3 is 0 Å². The van der Waals surface area contributed by atoms with Crippen molar-refractivity contribution in [2.45, 2.75) is 19.5 Å². The second-order valence-corrected chi connectivity index (χ2v) is 4.22. The van der Waals surface area contributed by atoms with Crippen molar-refractivity contribution in [1.29, 1.82) is 0 Å². The number of phenolic OH excluding ortho intramolecular Hbond substituents is 2. The summed E-state index contributed by atoms with van der Waals surface area (Å²) < 4.78 is 1.97. The van der Waals surface area contributed by atoms with E-state index in [4.69, 9.17) is 0 Å². The van der Waals surface area contributed by atoms with Crippen LogP contribution in [0.25, 0.3) is 0 Å². The highest BCUT2D eigenvalue weighted by Crippen LogP contribution is 2.27. The average Bonchev–Trinajstić information content (AvgIpc) is 2.85. The summed E-state index contributed by atoms with van der Waals surface area (Å²) in [7, 11) is 0. The van der Waals surface area contributed by atoms with E-state index < -0.39 is 0 Å². The molecule has 0 amide bonds. The fourth-order valence-corrected chi connectivity index (χ4v) is 1.83. The van der Waals surface area contributed by atoms with E-state index in [1.807, 2.05) is 17.7 Å². The molecule has 0 radical (unpaired) electrons. The van der Waals surface area contributed by atoms with Crippen LogP contribution in [0.15, 0.2) is 36.9 Å². The third-order valence-electron chi connectivity index (χ3n) is 2.86. The molecule has 0 saturated carbocycles. The minimum Gasteiger partial charge on any atom is -0.508 e. The van der Waals surface area contributed by atoms with Gasteiger partial charge in [0.05, 0.1) is 6.33 Å². The molecule has 0 fully saturated rings. The SMILES string of the molecule is CC(NCCn1ccnc1)c1cc(O)ccc1O. The first kappa shape index (κ1) is 12.4. The number of aromatic nitrogens is 2. The molecular weight excluding hydrogens is 230 g/mol. The Hall–Kier alpha value is -2.01. The van der Waals surface area contributed by atoms with E-state index in [1.165, 1.54) is 12.1 Å². The third-order valence-corrected chi connectivity index (χ3v) is 2.86. The molecule has 1 unspecified atom stereocenters. The van der Waals surface area contributed by atoms with E-state index in [0.29, 0.717) is 5.56 Å². The van der Waals surface area contributed by atoms with Crippen LogP contribution in [-0.2, 0) is 6.54 Å². The molecule has 0 bridgehead atoms. The number of rotatable bonds is 5. The second-order valence-electron chi connectivity index (χ2n) is 4.22. The lowest BCUT2D eigenvalue weighted by Crippen LogP contribution is -2.23. The van der Waals surface area contributed by atoms with Crippen molar-refractivity contribution in [3.63, 3.8) is 0 Å². The lowest BCUT2D eigenvalue weighted by molar-refractivity contribution is 0.438. The van der Waals surface area contributed by atoms with Gasteiger partial charge in [-0.25, -0.2) is 4.98 Å². The van der Waals surface area contributed by atoms with E-state index in [9.17, 15) is 10.2 Å². The zero-order valence-electron chi connectivity index (χ0n) is 10.2. The molecule has 96 valence electrons. The molecular formula is C13H17N3O2. The Labute approximate surface area is 106 Å². The molecule has 2 aromatic rings. The van der Waals surface area contributed by atoms with Gasteiger partial charge in [0.25, 0.3) is 0 Å². The summed E-state index contributed by atoms with van der Waals surface area (Å²) in [5.41, 5.74) is 0.695. The minimum atomic E-state index is -0.0272. The van der Waals surface area contributed by atoms with E-state index in [1.54, 1.807) is 18.6 Å². The Bertz CT molecular complexity index is 497. The van der Waals surface area contributed by atoms with E-state index in [0.717, 1.165) is 13.1 Å². The van der Waals surface area contributed by atoms with Crippen molar-refractivity contribution >= 4 is 0 Å². The molecule has 5 nitrogen and oxygen atoms in total. The average molecular weight is 247 g/mol. The first-order chi connectivity index (χ1) is 8.66. The summed E-state index contributed by atoms with van der Waals surface area (Å²) in [4.78, 5) is 3.97. The van der Waals surface area contributed by atoms with Gasteiger partial charge in [0.2, 0.25) is 0 Å². The standard InChI is InChI=1S/C13H17N3O2/c1-10(12-8-11(17)2-3-13(12)18)15-5-7-16-6-4-14-9-16/h2-4,6,8-10,15,17-18H,5,7H2,1H3. The van der Waals surface area contributed by atoms with Crippen molar-refractivity contribution < 1.29 is 10.2 Å². The molecule has 5 heteroatoms. The molecule has 0 spiro atoms. The number of phenols is 2. The summed E-state index contributed by atoms with van der Waals surface area (Å²) in [5.74, 6) is 0.349. The van der Waals surface area contributed by atoms with Crippen molar-refractivity contribution in [3.05, 3.63) is 42.5 Å². The molecule has 18 heavy (non-hydrogen) atoms. The van der Waals surface area contributed by atoms with Gasteiger partial charge in [0.15, 0.2) is 0 Å². The van der Waals surface area contributed by atoms with Crippen LogP contribution in [0.4, 0.5) is 0 Å². The predicted octanol–water partition coefficient (Wildman–Crippen LogP) is 1.65. The van der Waals surface area contributed by atoms with Crippen LogP contribution in [0.1, 0.15) is 18.5 Å². The van der Waals surface area contributed by atoms with Crippen LogP contribution in [0.5, 0.6) is 11.5 Å². The zero-order valence-corrected chi connectivity index (χ0v) is 10.2. The highest BCUT2D eigenvalue weighted by molar-refractivity contribution is 5.40. The molecule has 3 N–H and O–H groups in total. The first-order valence-corrected chi connectivity index (χ1v) is 5.88. The molecule has 1 aromatic heterocycles. The Balaban J connectivity index is 1.91.